The second kappa shape index (κ2) is 10.2. The van der Waals surface area contributed by atoms with Crippen LogP contribution in [0.4, 0.5) is 5.69 Å². The highest BCUT2D eigenvalue weighted by atomic mass is 35.5. The Labute approximate surface area is 166 Å². The van der Waals surface area contributed by atoms with E-state index in [-0.39, 0.29) is 5.91 Å². The lowest BCUT2D eigenvalue weighted by Crippen LogP contribution is -2.32. The van der Waals surface area contributed by atoms with Crippen LogP contribution in [-0.4, -0.2) is 37.6 Å². The first-order valence-electron chi connectivity index (χ1n) is 9.04. The first kappa shape index (κ1) is 21.1. The van der Waals surface area contributed by atoms with Gasteiger partial charge in [-0.25, -0.2) is 0 Å². The molecule has 0 heterocycles. The van der Waals surface area contributed by atoms with Gasteiger partial charge < -0.3 is 14.8 Å². The number of carbonyl (C=O) groups excluding carboxylic acids is 1. The molecule has 0 aliphatic heterocycles. The maximum absolute atomic E-state index is 12.4. The van der Waals surface area contributed by atoms with Crippen LogP contribution >= 0.6 is 11.6 Å². The normalized spacial score (nSPS) is 10.7. The number of nitrogens with zero attached hydrogens (tertiary/aromatic N) is 1. The Bertz CT molecular complexity index is 780. The van der Waals surface area contributed by atoms with E-state index in [1.54, 1.807) is 13.2 Å². The Morgan fingerprint density at radius 1 is 1.15 bits per heavy atom. The molecule has 0 aliphatic rings. The van der Waals surface area contributed by atoms with Crippen LogP contribution in [0, 0.1) is 6.92 Å². The van der Waals surface area contributed by atoms with Crippen molar-refractivity contribution in [2.75, 3.05) is 32.1 Å². The predicted octanol–water partition coefficient (Wildman–Crippen LogP) is 4.52. The maximum Gasteiger partial charge on any atom is 0.238 e. The summed E-state index contributed by atoms with van der Waals surface area (Å²) in [6.45, 7) is 8.18. The lowest BCUT2D eigenvalue weighted by Gasteiger charge is -2.21. The van der Waals surface area contributed by atoms with Gasteiger partial charge in [0.1, 0.15) is 0 Å². The van der Waals surface area contributed by atoms with Gasteiger partial charge in [-0.15, -0.1) is 0 Å². The first-order valence-corrected chi connectivity index (χ1v) is 9.42. The van der Waals surface area contributed by atoms with Crippen LogP contribution < -0.4 is 14.8 Å². The second-order valence-electron chi connectivity index (χ2n) is 6.23. The van der Waals surface area contributed by atoms with Gasteiger partial charge in [-0.3, -0.25) is 9.69 Å². The molecule has 0 bridgehead atoms. The van der Waals surface area contributed by atoms with E-state index in [1.165, 1.54) is 0 Å². The van der Waals surface area contributed by atoms with Crippen LogP contribution in [0.15, 0.2) is 36.4 Å². The molecule has 27 heavy (non-hydrogen) atoms. The number of benzene rings is 2. The Kier molecular flexibility index (Phi) is 7.95. The van der Waals surface area contributed by atoms with Crippen molar-refractivity contribution in [2.24, 2.45) is 0 Å². The van der Waals surface area contributed by atoms with Crippen LogP contribution in [0.1, 0.15) is 25.0 Å². The number of methoxy groups -OCH3 is 1. The van der Waals surface area contributed by atoms with Crippen molar-refractivity contribution < 1.29 is 14.3 Å². The molecule has 0 saturated heterocycles. The van der Waals surface area contributed by atoms with Gasteiger partial charge in [0, 0.05) is 17.3 Å². The molecule has 0 atom stereocenters. The number of hydrogen-bond acceptors (Lipinski definition) is 4. The summed E-state index contributed by atoms with van der Waals surface area (Å²) in [4.78, 5) is 14.5. The Balaban J connectivity index is 2.01. The standard InChI is InChI=1S/C21H27ClN2O3/c1-5-24(13-16-7-10-19(27-6-2)20(12-16)26-4)14-21(25)23-18-9-8-17(22)11-15(18)3/h7-12H,5-6,13-14H2,1-4H3,(H,23,25). The summed E-state index contributed by atoms with van der Waals surface area (Å²) >= 11 is 5.97. The summed E-state index contributed by atoms with van der Waals surface area (Å²) in [7, 11) is 1.63. The quantitative estimate of drug-likeness (QED) is 0.684. The van der Waals surface area contributed by atoms with Crippen LogP contribution in [0.25, 0.3) is 0 Å². The van der Waals surface area contributed by atoms with E-state index in [4.69, 9.17) is 21.1 Å². The van der Waals surface area contributed by atoms with Crippen molar-refractivity contribution >= 4 is 23.2 Å². The van der Waals surface area contributed by atoms with Crippen LogP contribution in [0.2, 0.25) is 5.02 Å². The number of carbonyl (C=O) groups is 1. The van der Waals surface area contributed by atoms with Gasteiger partial charge in [-0.1, -0.05) is 24.6 Å². The van der Waals surface area contributed by atoms with Crippen molar-refractivity contribution in [3.8, 4) is 11.5 Å². The van der Waals surface area contributed by atoms with E-state index in [0.29, 0.717) is 30.5 Å². The third-order valence-electron chi connectivity index (χ3n) is 4.21. The number of hydrogen-bond donors (Lipinski definition) is 1. The largest absolute Gasteiger partial charge is 0.493 e. The molecule has 146 valence electrons. The molecule has 0 saturated carbocycles. The molecule has 0 aliphatic carbocycles. The highest BCUT2D eigenvalue weighted by Crippen LogP contribution is 2.28. The molecule has 0 unspecified atom stereocenters. The number of anilines is 1. The summed E-state index contributed by atoms with van der Waals surface area (Å²) in [5, 5.41) is 3.61. The smallest absolute Gasteiger partial charge is 0.238 e. The zero-order chi connectivity index (χ0) is 19.8. The average molecular weight is 391 g/mol. The minimum atomic E-state index is -0.0554. The number of nitrogens with one attached hydrogen (secondary N) is 1. The summed E-state index contributed by atoms with van der Waals surface area (Å²) in [6, 6.07) is 11.3. The Morgan fingerprint density at radius 2 is 1.93 bits per heavy atom. The molecule has 0 spiro atoms. The van der Waals surface area contributed by atoms with E-state index in [2.05, 4.69) is 10.2 Å². The lowest BCUT2D eigenvalue weighted by molar-refractivity contribution is -0.117. The van der Waals surface area contributed by atoms with E-state index in [1.807, 2.05) is 51.1 Å². The number of amides is 1. The van der Waals surface area contributed by atoms with Gasteiger partial charge in [0.25, 0.3) is 0 Å². The minimum Gasteiger partial charge on any atom is -0.493 e. The number of aryl methyl sites for hydroxylation is 1. The number of halogens is 1. The molecule has 5 nitrogen and oxygen atoms in total. The zero-order valence-electron chi connectivity index (χ0n) is 16.3. The van der Waals surface area contributed by atoms with Gasteiger partial charge in [0.15, 0.2) is 11.5 Å². The summed E-state index contributed by atoms with van der Waals surface area (Å²) in [6.07, 6.45) is 0. The summed E-state index contributed by atoms with van der Waals surface area (Å²) in [5.41, 5.74) is 2.78. The van der Waals surface area contributed by atoms with Crippen molar-refractivity contribution in [3.63, 3.8) is 0 Å². The first-order chi connectivity index (χ1) is 13.0. The topological polar surface area (TPSA) is 50.8 Å². The lowest BCUT2D eigenvalue weighted by atomic mass is 10.2. The van der Waals surface area contributed by atoms with Crippen molar-refractivity contribution in [1.82, 2.24) is 4.90 Å². The monoisotopic (exact) mass is 390 g/mol. The highest BCUT2D eigenvalue weighted by molar-refractivity contribution is 6.30. The Morgan fingerprint density at radius 3 is 2.56 bits per heavy atom. The van der Waals surface area contributed by atoms with E-state index < -0.39 is 0 Å². The van der Waals surface area contributed by atoms with E-state index in [0.717, 1.165) is 29.1 Å². The fraction of sp³-hybridized carbons (Fsp3) is 0.381. The van der Waals surface area contributed by atoms with E-state index >= 15 is 0 Å². The molecule has 6 heteroatoms. The second-order valence-corrected chi connectivity index (χ2v) is 6.67. The van der Waals surface area contributed by atoms with Crippen LogP contribution in [0.3, 0.4) is 0 Å². The molecule has 2 rings (SSSR count). The van der Waals surface area contributed by atoms with Crippen molar-refractivity contribution in [1.29, 1.82) is 0 Å². The molecule has 1 amide bonds. The number of ether oxygens (including phenoxy) is 2. The molecule has 0 aromatic heterocycles. The SMILES string of the molecule is CCOc1ccc(CN(CC)CC(=O)Nc2ccc(Cl)cc2C)cc1OC. The van der Waals surface area contributed by atoms with Crippen molar-refractivity contribution in [3.05, 3.63) is 52.5 Å². The molecular formula is C21H27ClN2O3. The van der Waals surface area contributed by atoms with Crippen LogP contribution in [-0.2, 0) is 11.3 Å². The third kappa shape index (κ3) is 6.15. The molecule has 0 radical (unpaired) electrons. The maximum atomic E-state index is 12.4. The van der Waals surface area contributed by atoms with Gasteiger partial charge in [-0.2, -0.15) is 0 Å². The zero-order valence-corrected chi connectivity index (χ0v) is 17.1. The van der Waals surface area contributed by atoms with E-state index in [9.17, 15) is 4.79 Å². The van der Waals surface area contributed by atoms with Crippen molar-refractivity contribution in [2.45, 2.75) is 27.3 Å². The molecule has 2 aromatic carbocycles. The van der Waals surface area contributed by atoms with Gasteiger partial charge in [-0.05, 0) is 61.9 Å². The number of likely N-dealkylation sites (N-methyl/N-ethyl adjacent to an activating group) is 1. The molecule has 0 fully saturated rings. The fourth-order valence-electron chi connectivity index (χ4n) is 2.78. The highest BCUT2D eigenvalue weighted by Gasteiger charge is 2.13. The minimum absolute atomic E-state index is 0.0554. The Hall–Kier alpha value is -2.24. The number of rotatable bonds is 9. The summed E-state index contributed by atoms with van der Waals surface area (Å²) in [5.74, 6) is 1.37. The third-order valence-corrected chi connectivity index (χ3v) is 4.45. The average Bonchev–Trinajstić information content (AvgIpc) is 2.64. The predicted molar refractivity (Wildman–Crippen MR) is 110 cm³/mol. The van der Waals surface area contributed by atoms with Gasteiger partial charge >= 0.3 is 0 Å². The molecular weight excluding hydrogens is 364 g/mol. The summed E-state index contributed by atoms with van der Waals surface area (Å²) < 4.78 is 11.0. The van der Waals surface area contributed by atoms with Gasteiger partial charge in [0.05, 0.1) is 20.3 Å². The molecule has 2 aromatic rings. The van der Waals surface area contributed by atoms with Crippen LogP contribution in [0.5, 0.6) is 11.5 Å². The molecule has 1 N–H and O–H groups in total. The van der Waals surface area contributed by atoms with Gasteiger partial charge in [0.2, 0.25) is 5.91 Å². The fourth-order valence-corrected chi connectivity index (χ4v) is 3.01.